The van der Waals surface area contributed by atoms with E-state index in [-0.39, 0.29) is 24.4 Å². The van der Waals surface area contributed by atoms with Crippen LogP contribution in [0, 0.1) is 0 Å². The molecule has 2 aliphatic heterocycles. The Morgan fingerprint density at radius 1 is 1.12 bits per heavy atom. The summed E-state index contributed by atoms with van der Waals surface area (Å²) in [5, 5.41) is -2.24. The van der Waals surface area contributed by atoms with E-state index in [9.17, 15) is 30.7 Å². The highest BCUT2D eigenvalue weighted by Gasteiger charge is 2.54. The average molecular weight is 451 g/mol. The largest absolute Gasteiger partial charge is 0.431 e. The second kappa shape index (κ2) is 7.05. The maximum absolute atomic E-state index is 14.9. The van der Waals surface area contributed by atoms with Gasteiger partial charge in [0.1, 0.15) is 5.54 Å². The fraction of sp³-hybridized carbons (Fsp3) is 0.444. The lowest BCUT2D eigenvalue weighted by atomic mass is 9.40. The molecule has 3 aliphatic rings. The van der Waals surface area contributed by atoms with E-state index >= 15 is 0 Å². The first-order valence-corrected chi connectivity index (χ1v) is 9.21. The molecule has 0 saturated heterocycles. The molecule has 6 radical (unpaired) electrons. The molecule has 0 amide bonds. The van der Waals surface area contributed by atoms with Gasteiger partial charge < -0.3 is 9.64 Å². The van der Waals surface area contributed by atoms with Crippen LogP contribution >= 0.6 is 0 Å². The van der Waals surface area contributed by atoms with Gasteiger partial charge in [-0.2, -0.15) is 22.0 Å². The third-order valence-electron chi connectivity index (χ3n) is 5.45. The van der Waals surface area contributed by atoms with Crippen molar-refractivity contribution in [3.05, 3.63) is 52.7 Å². The molecule has 0 N–H and O–H groups in total. The Bertz CT molecular complexity index is 1050. The van der Waals surface area contributed by atoms with Crippen molar-refractivity contribution in [2.45, 2.75) is 42.2 Å². The van der Waals surface area contributed by atoms with Crippen LogP contribution in [0.25, 0.3) is 0 Å². The molecular formula is C18H11B3F7N3O. The van der Waals surface area contributed by atoms with Crippen LogP contribution in [0.15, 0.2) is 40.9 Å². The molecule has 3 heterocycles. The molecule has 162 valence electrons. The van der Waals surface area contributed by atoms with Crippen LogP contribution in [0.5, 0.6) is 0 Å². The predicted molar refractivity (Wildman–Crippen MR) is 101 cm³/mol. The van der Waals surface area contributed by atoms with Gasteiger partial charge in [0.05, 0.1) is 35.7 Å². The van der Waals surface area contributed by atoms with E-state index in [4.69, 9.17) is 23.5 Å². The van der Waals surface area contributed by atoms with Gasteiger partial charge in [-0.25, -0.2) is 8.78 Å². The Kier molecular flexibility index (Phi) is 5.02. The highest BCUT2D eigenvalue weighted by Crippen LogP contribution is 2.53. The Labute approximate surface area is 181 Å². The molecule has 0 fully saturated rings. The standard InChI is InChI=1S/C18H11B3F7N3O/c19-17(20,21)12-11-9(1-4-29-12)15(2-3-16(11,24)25)7-31-6-8(18(26,27)28)5-10(13(31)30-15)32-14(22)23/h1,4-6,14H,2-3,7H2/t15-/m1/s1. The second-order valence-electron chi connectivity index (χ2n) is 7.78. The van der Waals surface area contributed by atoms with Gasteiger partial charge >= 0.3 is 12.8 Å². The minimum absolute atomic E-state index is 0.107. The monoisotopic (exact) mass is 451 g/mol. The van der Waals surface area contributed by atoms with E-state index in [1.54, 1.807) is 0 Å². The maximum Gasteiger partial charge on any atom is 0.417 e. The van der Waals surface area contributed by atoms with E-state index in [0.717, 1.165) is 11.1 Å². The van der Waals surface area contributed by atoms with Crippen molar-refractivity contribution in [1.82, 2.24) is 9.88 Å². The van der Waals surface area contributed by atoms with Crippen LogP contribution in [0.1, 0.15) is 29.7 Å². The first kappa shape index (κ1) is 22.8. The summed E-state index contributed by atoms with van der Waals surface area (Å²) in [6.07, 6.45) is -3.77. The zero-order chi connectivity index (χ0) is 23.7. The van der Waals surface area contributed by atoms with Gasteiger partial charge in [0.15, 0.2) is 11.6 Å². The van der Waals surface area contributed by atoms with Crippen molar-refractivity contribution in [1.29, 1.82) is 0 Å². The van der Waals surface area contributed by atoms with Gasteiger partial charge in [-0.3, -0.25) is 9.98 Å². The Hall–Kier alpha value is -2.40. The maximum atomic E-state index is 14.9. The van der Waals surface area contributed by atoms with Gasteiger partial charge in [0, 0.05) is 30.1 Å². The summed E-state index contributed by atoms with van der Waals surface area (Å²) in [6.45, 7) is -3.77. The zero-order valence-corrected chi connectivity index (χ0v) is 16.1. The lowest BCUT2D eigenvalue weighted by Gasteiger charge is -2.40. The highest BCUT2D eigenvalue weighted by molar-refractivity contribution is 6.58. The van der Waals surface area contributed by atoms with Crippen molar-refractivity contribution < 1.29 is 35.5 Å². The number of aromatic nitrogens is 1. The van der Waals surface area contributed by atoms with E-state index < -0.39 is 58.4 Å². The van der Waals surface area contributed by atoms with Crippen LogP contribution in [-0.2, 0) is 21.3 Å². The van der Waals surface area contributed by atoms with Gasteiger partial charge in [0.25, 0.3) is 5.92 Å². The first-order chi connectivity index (χ1) is 14.6. The summed E-state index contributed by atoms with van der Waals surface area (Å²) in [5.74, 6) is -4.62. The van der Waals surface area contributed by atoms with E-state index in [2.05, 4.69) is 14.7 Å². The molecule has 1 aromatic heterocycles. The van der Waals surface area contributed by atoms with Gasteiger partial charge in [-0.05, 0) is 24.1 Å². The fourth-order valence-corrected chi connectivity index (χ4v) is 4.16. The normalized spacial score (nSPS) is 24.6. The van der Waals surface area contributed by atoms with Crippen LogP contribution in [0.2, 0.25) is 0 Å². The summed E-state index contributed by atoms with van der Waals surface area (Å²) < 4.78 is 99.7. The summed E-state index contributed by atoms with van der Waals surface area (Å²) in [7, 11) is 16.8. The number of hydrogen-bond acceptors (Lipinski definition) is 4. The number of allylic oxidation sites excluding steroid dienone is 2. The molecule has 14 heteroatoms. The van der Waals surface area contributed by atoms with E-state index in [1.807, 2.05) is 0 Å². The van der Waals surface area contributed by atoms with Crippen molar-refractivity contribution in [3.8, 4) is 0 Å². The molecule has 1 atom stereocenters. The lowest BCUT2D eigenvalue weighted by molar-refractivity contribution is -0.0981. The smallest absolute Gasteiger partial charge is 0.417 e. The van der Waals surface area contributed by atoms with Crippen molar-refractivity contribution in [2.75, 3.05) is 6.54 Å². The third-order valence-corrected chi connectivity index (χ3v) is 5.45. The molecule has 1 aromatic rings. The minimum atomic E-state index is -4.87. The van der Waals surface area contributed by atoms with Crippen molar-refractivity contribution >= 4 is 29.4 Å². The fourth-order valence-electron chi connectivity index (χ4n) is 4.16. The molecule has 0 saturated carbocycles. The Morgan fingerprint density at radius 3 is 2.41 bits per heavy atom. The molecule has 0 aromatic carbocycles. The van der Waals surface area contributed by atoms with Gasteiger partial charge in [-0.1, -0.05) is 5.11 Å². The molecule has 0 bridgehead atoms. The number of hydrogen-bond donors (Lipinski definition) is 0. The number of alkyl halides is 7. The molecule has 0 unspecified atom stereocenters. The van der Waals surface area contributed by atoms with Gasteiger partial charge in [0.2, 0.25) is 0 Å². The Morgan fingerprint density at radius 2 is 1.81 bits per heavy atom. The SMILES string of the molecule is [B]C([B])([B])c1nccc2c1C(F)(F)CC[C@@]21CN2C=C(C(F)(F)F)C=C(OC(F)F)C2=N1. The molecular weight excluding hydrogens is 440 g/mol. The second-order valence-corrected chi connectivity index (χ2v) is 7.78. The molecule has 4 rings (SSSR count). The van der Waals surface area contributed by atoms with Crippen LogP contribution in [0.3, 0.4) is 0 Å². The molecule has 32 heavy (non-hydrogen) atoms. The summed E-state index contributed by atoms with van der Waals surface area (Å²) >= 11 is 0. The zero-order valence-electron chi connectivity index (χ0n) is 16.1. The summed E-state index contributed by atoms with van der Waals surface area (Å²) in [6, 6.07) is 1.21. The van der Waals surface area contributed by atoms with E-state index in [1.165, 1.54) is 6.07 Å². The molecule has 1 spiro atoms. The highest BCUT2D eigenvalue weighted by atomic mass is 19.4. The minimum Gasteiger partial charge on any atom is -0.431 e. The molecule has 1 aliphatic carbocycles. The van der Waals surface area contributed by atoms with Crippen molar-refractivity contribution in [3.63, 3.8) is 0 Å². The van der Waals surface area contributed by atoms with Crippen LogP contribution < -0.4 is 0 Å². The predicted octanol–water partition coefficient (Wildman–Crippen LogP) is 3.08. The number of pyridine rings is 1. The molecule has 4 nitrogen and oxygen atoms in total. The number of fused-ring (bicyclic) bond motifs is 3. The lowest BCUT2D eigenvalue weighted by Crippen LogP contribution is -2.42. The quantitative estimate of drug-likeness (QED) is 0.525. The van der Waals surface area contributed by atoms with Gasteiger partial charge in [-0.15, -0.1) is 0 Å². The van der Waals surface area contributed by atoms with Crippen LogP contribution in [0.4, 0.5) is 30.7 Å². The first-order valence-electron chi connectivity index (χ1n) is 9.21. The van der Waals surface area contributed by atoms with Crippen molar-refractivity contribution in [2.24, 2.45) is 4.99 Å². The number of ether oxygens (including phenoxy) is 1. The average Bonchev–Trinajstić information content (AvgIpc) is 3.03. The summed E-state index contributed by atoms with van der Waals surface area (Å²) in [5.41, 5.74) is -4.06. The number of halogens is 7. The van der Waals surface area contributed by atoms with Crippen LogP contribution in [-0.4, -0.2) is 58.6 Å². The number of nitrogens with zero attached hydrogens (tertiary/aromatic N) is 3. The Balaban J connectivity index is 1.89. The van der Waals surface area contributed by atoms with E-state index in [0.29, 0.717) is 12.3 Å². The summed E-state index contributed by atoms with van der Waals surface area (Å²) in [4.78, 5) is 9.05. The topological polar surface area (TPSA) is 37.7 Å². The number of aliphatic imine (C=N–C) groups is 1. The number of rotatable bonds is 3. The number of amidine groups is 1. The third kappa shape index (κ3) is 3.71.